The van der Waals surface area contributed by atoms with Crippen molar-refractivity contribution >= 4 is 17.0 Å². The zero-order chi connectivity index (χ0) is 21.2. The Morgan fingerprint density at radius 2 is 1.81 bits per heavy atom. The van der Waals surface area contributed by atoms with Crippen molar-refractivity contribution in [1.29, 1.82) is 0 Å². The first-order valence-corrected chi connectivity index (χ1v) is 10.7. The number of hydrogen-bond acceptors (Lipinski definition) is 3. The molecule has 2 heterocycles. The number of carboxylic acids is 1. The van der Waals surface area contributed by atoms with Crippen LogP contribution in [0.5, 0.6) is 0 Å². The summed E-state index contributed by atoms with van der Waals surface area (Å²) in [6.45, 7) is 1.13. The lowest BCUT2D eigenvalue weighted by Crippen LogP contribution is -2.18. The minimum Gasteiger partial charge on any atom is -0.478 e. The molecule has 1 aliphatic rings. The SMILES string of the molecule is O=C(O)c1ccccc1COC1CCn2c(CCc3ccccc3)nc3cccc1c32. The van der Waals surface area contributed by atoms with Crippen LogP contribution in [0.3, 0.4) is 0 Å². The molecular formula is C26H24N2O3. The molecule has 1 unspecified atom stereocenters. The summed E-state index contributed by atoms with van der Waals surface area (Å²) in [5, 5.41) is 9.42. The van der Waals surface area contributed by atoms with Gasteiger partial charge in [-0.25, -0.2) is 9.78 Å². The van der Waals surface area contributed by atoms with Gasteiger partial charge in [0.1, 0.15) is 5.82 Å². The molecular weight excluding hydrogens is 388 g/mol. The number of ether oxygens (including phenoxy) is 1. The van der Waals surface area contributed by atoms with Crippen LogP contribution >= 0.6 is 0 Å². The maximum absolute atomic E-state index is 11.5. The van der Waals surface area contributed by atoms with Gasteiger partial charge in [-0.05, 0) is 36.1 Å². The number of nitrogens with zero attached hydrogens (tertiary/aromatic N) is 2. The number of benzene rings is 3. The van der Waals surface area contributed by atoms with Crippen LogP contribution in [0, 0.1) is 0 Å². The van der Waals surface area contributed by atoms with Crippen molar-refractivity contribution in [2.45, 2.75) is 38.5 Å². The molecule has 0 fully saturated rings. The maximum Gasteiger partial charge on any atom is 0.336 e. The molecule has 5 rings (SSSR count). The monoisotopic (exact) mass is 412 g/mol. The zero-order valence-corrected chi connectivity index (χ0v) is 17.2. The van der Waals surface area contributed by atoms with Crippen LogP contribution < -0.4 is 0 Å². The molecule has 1 aromatic heterocycles. The van der Waals surface area contributed by atoms with Crippen molar-refractivity contribution in [3.63, 3.8) is 0 Å². The molecule has 0 radical (unpaired) electrons. The Kier molecular flexibility index (Phi) is 5.26. The number of aryl methyl sites for hydroxylation is 3. The highest BCUT2D eigenvalue weighted by Crippen LogP contribution is 2.35. The number of aromatic nitrogens is 2. The lowest BCUT2D eigenvalue weighted by atomic mass is 10.0. The molecule has 156 valence electrons. The highest BCUT2D eigenvalue weighted by molar-refractivity contribution is 5.89. The molecule has 0 spiro atoms. The quantitative estimate of drug-likeness (QED) is 0.454. The summed E-state index contributed by atoms with van der Waals surface area (Å²) in [5.41, 5.74) is 5.59. The second kappa shape index (κ2) is 8.36. The molecule has 1 N–H and O–H groups in total. The summed E-state index contributed by atoms with van der Waals surface area (Å²) in [6, 6.07) is 23.7. The van der Waals surface area contributed by atoms with Crippen LogP contribution in [-0.2, 0) is 30.7 Å². The van der Waals surface area contributed by atoms with E-state index in [-0.39, 0.29) is 12.7 Å². The third-order valence-electron chi connectivity index (χ3n) is 6.01. The van der Waals surface area contributed by atoms with Gasteiger partial charge in [0.05, 0.1) is 29.3 Å². The largest absolute Gasteiger partial charge is 0.478 e. The average Bonchev–Trinajstić information content (AvgIpc) is 3.17. The number of aromatic carboxylic acids is 1. The number of carbonyl (C=O) groups is 1. The summed E-state index contributed by atoms with van der Waals surface area (Å²) >= 11 is 0. The van der Waals surface area contributed by atoms with Crippen molar-refractivity contribution in [2.24, 2.45) is 0 Å². The number of hydrogen-bond donors (Lipinski definition) is 1. The highest BCUT2D eigenvalue weighted by Gasteiger charge is 2.25. The fourth-order valence-corrected chi connectivity index (χ4v) is 4.47. The molecule has 3 aromatic carbocycles. The van der Waals surface area contributed by atoms with Crippen molar-refractivity contribution in [3.05, 3.63) is 101 Å². The minimum atomic E-state index is -0.925. The number of imidazole rings is 1. The van der Waals surface area contributed by atoms with Crippen LogP contribution in [0.4, 0.5) is 0 Å². The Labute approximate surface area is 180 Å². The number of rotatable bonds is 7. The Hall–Kier alpha value is -3.44. The summed E-state index contributed by atoms with van der Waals surface area (Å²) < 4.78 is 8.57. The standard InChI is InChI=1S/C26H24N2O3/c29-26(30)20-10-5-4-9-19(20)17-31-23-15-16-28-24(14-13-18-7-2-1-3-8-18)27-22-12-6-11-21(23)25(22)28/h1-12,23H,13-17H2,(H,29,30). The number of para-hydroxylation sites is 1. The van der Waals surface area contributed by atoms with Gasteiger partial charge in [-0.3, -0.25) is 0 Å². The van der Waals surface area contributed by atoms with Gasteiger partial charge in [-0.15, -0.1) is 0 Å². The highest BCUT2D eigenvalue weighted by atomic mass is 16.5. The van der Waals surface area contributed by atoms with Crippen molar-refractivity contribution < 1.29 is 14.6 Å². The van der Waals surface area contributed by atoms with Crippen molar-refractivity contribution in [1.82, 2.24) is 9.55 Å². The molecule has 0 saturated carbocycles. The van der Waals surface area contributed by atoms with Gasteiger partial charge >= 0.3 is 5.97 Å². The summed E-state index contributed by atoms with van der Waals surface area (Å²) in [7, 11) is 0. The van der Waals surface area contributed by atoms with E-state index in [9.17, 15) is 9.90 Å². The number of carboxylic acid groups (broad SMARTS) is 1. The second-order valence-corrected chi connectivity index (χ2v) is 7.93. The predicted octanol–water partition coefficient (Wildman–Crippen LogP) is 5.18. The van der Waals surface area contributed by atoms with Crippen LogP contribution in [0.1, 0.15) is 45.4 Å². The van der Waals surface area contributed by atoms with Crippen LogP contribution in [0.15, 0.2) is 72.8 Å². The van der Waals surface area contributed by atoms with Gasteiger partial charge < -0.3 is 14.4 Å². The van der Waals surface area contributed by atoms with Gasteiger partial charge in [0.2, 0.25) is 0 Å². The summed E-state index contributed by atoms with van der Waals surface area (Å²) in [5.74, 6) is 0.187. The predicted molar refractivity (Wildman–Crippen MR) is 119 cm³/mol. The van der Waals surface area contributed by atoms with Gasteiger partial charge in [-0.2, -0.15) is 0 Å². The van der Waals surface area contributed by atoms with E-state index in [1.807, 2.05) is 24.3 Å². The molecule has 1 atom stereocenters. The van der Waals surface area contributed by atoms with Gasteiger partial charge in [0, 0.05) is 18.5 Å². The first kappa shape index (κ1) is 19.5. The van der Waals surface area contributed by atoms with E-state index in [1.165, 1.54) is 5.56 Å². The van der Waals surface area contributed by atoms with Crippen molar-refractivity contribution in [2.75, 3.05) is 0 Å². The Bertz CT molecular complexity index is 1230. The summed E-state index contributed by atoms with van der Waals surface area (Å²) in [4.78, 5) is 16.4. The van der Waals surface area contributed by atoms with Gasteiger partial charge in [0.15, 0.2) is 0 Å². The Morgan fingerprint density at radius 3 is 2.65 bits per heavy atom. The van der Waals surface area contributed by atoms with Crippen LogP contribution in [-0.4, -0.2) is 20.6 Å². The van der Waals surface area contributed by atoms with Gasteiger partial charge in [0.25, 0.3) is 0 Å². The molecule has 0 bridgehead atoms. The fraction of sp³-hybridized carbons (Fsp3) is 0.231. The molecule has 4 aromatic rings. The van der Waals surface area contributed by atoms with Crippen LogP contribution in [0.25, 0.3) is 11.0 Å². The zero-order valence-electron chi connectivity index (χ0n) is 17.2. The Morgan fingerprint density at radius 1 is 1.00 bits per heavy atom. The van der Waals surface area contributed by atoms with E-state index in [2.05, 4.69) is 41.0 Å². The third kappa shape index (κ3) is 3.84. The van der Waals surface area contributed by atoms with E-state index in [0.29, 0.717) is 11.1 Å². The average molecular weight is 412 g/mol. The van der Waals surface area contributed by atoms with E-state index in [4.69, 9.17) is 9.72 Å². The first-order chi connectivity index (χ1) is 15.2. The third-order valence-corrected chi connectivity index (χ3v) is 6.01. The maximum atomic E-state index is 11.5. The smallest absolute Gasteiger partial charge is 0.336 e. The Balaban J connectivity index is 1.39. The molecule has 1 aliphatic heterocycles. The van der Waals surface area contributed by atoms with E-state index in [1.54, 1.807) is 12.1 Å². The molecule has 0 saturated heterocycles. The topological polar surface area (TPSA) is 64.3 Å². The molecule has 5 heteroatoms. The minimum absolute atomic E-state index is 0.0725. The normalized spacial score (nSPS) is 15.3. The van der Waals surface area contributed by atoms with E-state index in [0.717, 1.165) is 48.2 Å². The molecule has 0 aliphatic carbocycles. The fourth-order valence-electron chi connectivity index (χ4n) is 4.47. The molecule has 31 heavy (non-hydrogen) atoms. The molecule has 0 amide bonds. The van der Waals surface area contributed by atoms with Crippen molar-refractivity contribution in [3.8, 4) is 0 Å². The second-order valence-electron chi connectivity index (χ2n) is 7.93. The van der Waals surface area contributed by atoms with Gasteiger partial charge in [-0.1, -0.05) is 60.7 Å². The van der Waals surface area contributed by atoms with Crippen LogP contribution in [0.2, 0.25) is 0 Å². The van der Waals surface area contributed by atoms with E-state index >= 15 is 0 Å². The first-order valence-electron chi connectivity index (χ1n) is 10.7. The lowest BCUT2D eigenvalue weighted by molar-refractivity contribution is 0.0278. The van der Waals surface area contributed by atoms with E-state index < -0.39 is 5.97 Å². The lowest BCUT2D eigenvalue weighted by Gasteiger charge is -2.26. The summed E-state index contributed by atoms with van der Waals surface area (Å²) in [6.07, 6.45) is 2.63. The molecule has 5 nitrogen and oxygen atoms in total.